The van der Waals surface area contributed by atoms with Gasteiger partial charge in [-0.25, -0.2) is 0 Å². The summed E-state index contributed by atoms with van der Waals surface area (Å²) >= 11 is 0. The second-order valence-corrected chi connectivity index (χ2v) is 6.64. The molecule has 0 spiro atoms. The van der Waals surface area contributed by atoms with Gasteiger partial charge in [0.15, 0.2) is 0 Å². The molecular weight excluding hydrogens is 232 g/mol. The van der Waals surface area contributed by atoms with E-state index >= 15 is 0 Å². The van der Waals surface area contributed by atoms with Crippen molar-refractivity contribution in [1.82, 2.24) is 10.6 Å². The summed E-state index contributed by atoms with van der Waals surface area (Å²) in [6.45, 7) is 2.49. The maximum atomic E-state index is 3.74. The summed E-state index contributed by atoms with van der Waals surface area (Å²) in [7, 11) is 0. The van der Waals surface area contributed by atoms with Crippen molar-refractivity contribution in [2.24, 2.45) is 0 Å². The van der Waals surface area contributed by atoms with Gasteiger partial charge in [0.2, 0.25) is 0 Å². The standard InChI is InChI=1S/C17H34N2/c1-4-10-16(11-5-1)18-14-8-3-9-15-19-17-12-6-2-7-13-17/h16-19H,1-15H2. The highest BCUT2D eigenvalue weighted by Gasteiger charge is 2.12. The van der Waals surface area contributed by atoms with Crippen LogP contribution in [0.25, 0.3) is 0 Å². The third-order valence-electron chi connectivity index (χ3n) is 4.93. The zero-order chi connectivity index (χ0) is 13.2. The van der Waals surface area contributed by atoms with Gasteiger partial charge in [-0.1, -0.05) is 44.9 Å². The summed E-state index contributed by atoms with van der Waals surface area (Å²) in [6.07, 6.45) is 18.5. The first-order valence-electron chi connectivity index (χ1n) is 8.92. The normalized spacial score (nSPS) is 22.7. The lowest BCUT2D eigenvalue weighted by Gasteiger charge is -2.23. The molecular formula is C17H34N2. The molecule has 0 radical (unpaired) electrons. The van der Waals surface area contributed by atoms with Gasteiger partial charge in [-0.2, -0.15) is 0 Å². The van der Waals surface area contributed by atoms with Crippen LogP contribution in [0.15, 0.2) is 0 Å². The van der Waals surface area contributed by atoms with E-state index in [0.29, 0.717) is 0 Å². The van der Waals surface area contributed by atoms with Crippen LogP contribution in [-0.2, 0) is 0 Å². The molecule has 2 fully saturated rings. The topological polar surface area (TPSA) is 24.1 Å². The monoisotopic (exact) mass is 266 g/mol. The fourth-order valence-corrected chi connectivity index (χ4v) is 3.65. The molecule has 112 valence electrons. The van der Waals surface area contributed by atoms with Crippen molar-refractivity contribution in [1.29, 1.82) is 0 Å². The van der Waals surface area contributed by atoms with Crippen LogP contribution >= 0.6 is 0 Å². The minimum atomic E-state index is 0.842. The van der Waals surface area contributed by atoms with E-state index in [-0.39, 0.29) is 0 Å². The Morgan fingerprint density at radius 2 is 0.947 bits per heavy atom. The second kappa shape index (κ2) is 9.77. The molecule has 19 heavy (non-hydrogen) atoms. The Kier molecular flexibility index (Phi) is 7.87. The largest absolute Gasteiger partial charge is 0.314 e. The van der Waals surface area contributed by atoms with E-state index in [2.05, 4.69) is 10.6 Å². The lowest BCUT2D eigenvalue weighted by Crippen LogP contribution is -2.32. The molecule has 0 unspecified atom stereocenters. The minimum absolute atomic E-state index is 0.842. The summed E-state index contributed by atoms with van der Waals surface area (Å²) in [5.41, 5.74) is 0. The van der Waals surface area contributed by atoms with Crippen LogP contribution in [0.1, 0.15) is 83.5 Å². The Labute approximate surface area is 120 Å². The first kappa shape index (κ1) is 15.3. The molecule has 2 aliphatic carbocycles. The van der Waals surface area contributed by atoms with Crippen molar-refractivity contribution in [3.8, 4) is 0 Å². The SMILES string of the molecule is C(CCNC1CCCCC1)CCNC1CCCCC1. The smallest absolute Gasteiger partial charge is 0.00670 e. The number of rotatable bonds is 8. The molecule has 2 rings (SSSR count). The molecule has 2 heteroatoms. The van der Waals surface area contributed by atoms with E-state index in [1.807, 2.05) is 0 Å². The minimum Gasteiger partial charge on any atom is -0.314 e. The van der Waals surface area contributed by atoms with Crippen molar-refractivity contribution in [3.63, 3.8) is 0 Å². The van der Waals surface area contributed by atoms with Crippen LogP contribution in [0, 0.1) is 0 Å². The molecule has 0 aliphatic heterocycles. The summed E-state index contributed by atoms with van der Waals surface area (Å²) in [6, 6.07) is 1.68. The van der Waals surface area contributed by atoms with Gasteiger partial charge >= 0.3 is 0 Å². The van der Waals surface area contributed by atoms with E-state index in [1.54, 1.807) is 0 Å². The van der Waals surface area contributed by atoms with E-state index in [0.717, 1.165) is 12.1 Å². The highest BCUT2D eigenvalue weighted by molar-refractivity contribution is 4.72. The van der Waals surface area contributed by atoms with E-state index in [4.69, 9.17) is 0 Å². The van der Waals surface area contributed by atoms with E-state index in [1.165, 1.54) is 96.6 Å². The molecule has 0 aromatic carbocycles. The zero-order valence-corrected chi connectivity index (χ0v) is 12.8. The maximum Gasteiger partial charge on any atom is 0.00670 e. The third-order valence-corrected chi connectivity index (χ3v) is 4.93. The lowest BCUT2D eigenvalue weighted by molar-refractivity contribution is 0.361. The first-order chi connectivity index (χ1) is 9.45. The Balaban J connectivity index is 1.35. The first-order valence-corrected chi connectivity index (χ1v) is 8.92. The van der Waals surface area contributed by atoms with Gasteiger partial charge in [0.05, 0.1) is 0 Å². The highest BCUT2D eigenvalue weighted by atomic mass is 14.9. The Bertz CT molecular complexity index is 183. The molecule has 2 aliphatic rings. The molecule has 0 bridgehead atoms. The van der Waals surface area contributed by atoms with Crippen LogP contribution in [0.3, 0.4) is 0 Å². The van der Waals surface area contributed by atoms with Gasteiger partial charge < -0.3 is 10.6 Å². The molecule has 0 saturated heterocycles. The second-order valence-electron chi connectivity index (χ2n) is 6.64. The average molecular weight is 266 g/mol. The predicted octanol–water partition coefficient (Wildman–Crippen LogP) is 4.00. The van der Waals surface area contributed by atoms with Crippen molar-refractivity contribution in [2.75, 3.05) is 13.1 Å². The fourth-order valence-electron chi connectivity index (χ4n) is 3.65. The maximum absolute atomic E-state index is 3.74. The number of hydrogen-bond acceptors (Lipinski definition) is 2. The Morgan fingerprint density at radius 1 is 0.526 bits per heavy atom. The average Bonchev–Trinajstić information content (AvgIpc) is 2.48. The highest BCUT2D eigenvalue weighted by Crippen LogP contribution is 2.18. The van der Waals surface area contributed by atoms with E-state index in [9.17, 15) is 0 Å². The summed E-state index contributed by atoms with van der Waals surface area (Å²) in [5.74, 6) is 0. The van der Waals surface area contributed by atoms with Crippen LogP contribution < -0.4 is 10.6 Å². The molecule has 2 saturated carbocycles. The van der Waals surface area contributed by atoms with Gasteiger partial charge in [-0.15, -0.1) is 0 Å². The van der Waals surface area contributed by atoms with Gasteiger partial charge in [0.25, 0.3) is 0 Å². The quantitative estimate of drug-likeness (QED) is 0.649. The van der Waals surface area contributed by atoms with Gasteiger partial charge in [0, 0.05) is 12.1 Å². The fraction of sp³-hybridized carbons (Fsp3) is 1.00. The molecule has 0 heterocycles. The lowest BCUT2D eigenvalue weighted by atomic mass is 9.95. The molecule has 0 aromatic rings. The van der Waals surface area contributed by atoms with Crippen molar-refractivity contribution in [3.05, 3.63) is 0 Å². The zero-order valence-electron chi connectivity index (χ0n) is 12.8. The molecule has 0 amide bonds. The third kappa shape index (κ3) is 6.76. The van der Waals surface area contributed by atoms with Gasteiger partial charge in [-0.3, -0.25) is 0 Å². The number of unbranched alkanes of at least 4 members (excludes halogenated alkanes) is 2. The van der Waals surface area contributed by atoms with Crippen molar-refractivity contribution >= 4 is 0 Å². The van der Waals surface area contributed by atoms with Crippen molar-refractivity contribution < 1.29 is 0 Å². The van der Waals surface area contributed by atoms with Crippen LogP contribution in [0.4, 0.5) is 0 Å². The number of nitrogens with one attached hydrogen (secondary N) is 2. The van der Waals surface area contributed by atoms with Gasteiger partial charge in [-0.05, 0) is 51.6 Å². The number of hydrogen-bond donors (Lipinski definition) is 2. The van der Waals surface area contributed by atoms with Crippen LogP contribution in [-0.4, -0.2) is 25.2 Å². The molecule has 2 nitrogen and oxygen atoms in total. The molecule has 2 N–H and O–H groups in total. The van der Waals surface area contributed by atoms with Crippen molar-refractivity contribution in [2.45, 2.75) is 95.6 Å². The predicted molar refractivity (Wildman–Crippen MR) is 83.6 cm³/mol. The Hall–Kier alpha value is -0.0800. The summed E-state index contributed by atoms with van der Waals surface area (Å²) < 4.78 is 0. The summed E-state index contributed by atoms with van der Waals surface area (Å²) in [5, 5.41) is 7.48. The van der Waals surface area contributed by atoms with E-state index < -0.39 is 0 Å². The van der Waals surface area contributed by atoms with Crippen LogP contribution in [0.5, 0.6) is 0 Å². The molecule has 0 atom stereocenters. The van der Waals surface area contributed by atoms with Gasteiger partial charge in [0.1, 0.15) is 0 Å². The van der Waals surface area contributed by atoms with Crippen LogP contribution in [0.2, 0.25) is 0 Å². The Morgan fingerprint density at radius 3 is 1.37 bits per heavy atom. The molecule has 0 aromatic heterocycles. The summed E-state index contributed by atoms with van der Waals surface area (Å²) in [4.78, 5) is 0.